The monoisotopic (exact) mass is 309 g/mol. The molecule has 1 heterocycles. The van der Waals surface area contributed by atoms with Crippen molar-refractivity contribution < 1.29 is 14.6 Å². The number of aromatic nitrogens is 2. The number of hydrogen-bond donors (Lipinski definition) is 1. The number of amides is 1. The fourth-order valence-electron chi connectivity index (χ4n) is 3.19. The van der Waals surface area contributed by atoms with Crippen molar-refractivity contribution in [2.45, 2.75) is 57.3 Å². The lowest BCUT2D eigenvalue weighted by atomic mass is 9.89. The fourth-order valence-corrected chi connectivity index (χ4v) is 3.19. The first-order valence-electron chi connectivity index (χ1n) is 7.89. The van der Waals surface area contributed by atoms with Crippen LogP contribution in [-0.2, 0) is 23.0 Å². The highest BCUT2D eigenvalue weighted by molar-refractivity contribution is 5.76. The summed E-state index contributed by atoms with van der Waals surface area (Å²) in [6.07, 6.45) is 4.81. The maximum atomic E-state index is 12.4. The number of nitrogens with zero attached hydrogens (tertiary/aromatic N) is 3. The van der Waals surface area contributed by atoms with Crippen LogP contribution >= 0.6 is 0 Å². The molecule has 1 amide bonds. The number of likely N-dealkylation sites (N-methyl/N-ethyl adjacent to an activating group) is 1. The van der Waals surface area contributed by atoms with Gasteiger partial charge in [-0.25, -0.2) is 0 Å². The third-order valence-corrected chi connectivity index (χ3v) is 4.90. The van der Waals surface area contributed by atoms with E-state index in [-0.39, 0.29) is 18.1 Å². The summed E-state index contributed by atoms with van der Waals surface area (Å²) in [6, 6.07) is -0.152. The van der Waals surface area contributed by atoms with Crippen molar-refractivity contribution in [3.05, 3.63) is 17.5 Å². The van der Waals surface area contributed by atoms with E-state index in [1.165, 1.54) is 0 Å². The van der Waals surface area contributed by atoms with Crippen molar-refractivity contribution in [3.63, 3.8) is 0 Å². The Morgan fingerprint density at radius 3 is 2.86 bits per heavy atom. The molecule has 0 aromatic carbocycles. The highest BCUT2D eigenvalue weighted by Crippen LogP contribution is 2.25. The van der Waals surface area contributed by atoms with Crippen LogP contribution < -0.4 is 0 Å². The average molecular weight is 309 g/mol. The van der Waals surface area contributed by atoms with E-state index in [1.807, 2.05) is 24.9 Å². The van der Waals surface area contributed by atoms with E-state index in [1.54, 1.807) is 19.1 Å². The summed E-state index contributed by atoms with van der Waals surface area (Å²) in [5.74, 6) is 0.0593. The van der Waals surface area contributed by atoms with Crippen molar-refractivity contribution in [2.75, 3.05) is 14.2 Å². The summed E-state index contributed by atoms with van der Waals surface area (Å²) in [5, 5.41) is 14.5. The van der Waals surface area contributed by atoms with Gasteiger partial charge in [0, 0.05) is 33.3 Å². The molecule has 3 atom stereocenters. The van der Waals surface area contributed by atoms with Gasteiger partial charge in [-0.3, -0.25) is 9.48 Å². The molecule has 1 N–H and O–H groups in total. The smallest absolute Gasteiger partial charge is 0.222 e. The largest absolute Gasteiger partial charge is 0.388 e. The van der Waals surface area contributed by atoms with Gasteiger partial charge in [0.2, 0.25) is 5.91 Å². The third kappa shape index (κ3) is 3.50. The summed E-state index contributed by atoms with van der Waals surface area (Å²) in [4.78, 5) is 14.1. The summed E-state index contributed by atoms with van der Waals surface area (Å²) in [7, 11) is 5.30. The number of rotatable bonds is 5. The summed E-state index contributed by atoms with van der Waals surface area (Å²) in [6.45, 7) is 2.00. The van der Waals surface area contributed by atoms with Crippen molar-refractivity contribution in [1.29, 1.82) is 0 Å². The standard InChI is InChI=1S/C16H27N3O3/c1-11-12(10-17-19(11)3)8-9-15(20)18(2)13-6-5-7-14(22-4)16(13)21/h10,13-14,16,21H,5-9H2,1-4H3/t13-,14-,16-/m1/s1. The molecule has 1 fully saturated rings. The Labute approximate surface area is 132 Å². The van der Waals surface area contributed by atoms with E-state index < -0.39 is 6.10 Å². The van der Waals surface area contributed by atoms with E-state index in [0.29, 0.717) is 12.8 Å². The second kappa shape index (κ2) is 7.24. The first-order chi connectivity index (χ1) is 10.5. The number of aliphatic hydroxyl groups excluding tert-OH is 1. The highest BCUT2D eigenvalue weighted by Gasteiger charge is 2.35. The van der Waals surface area contributed by atoms with Gasteiger partial charge in [0.15, 0.2) is 0 Å². The van der Waals surface area contributed by atoms with Gasteiger partial charge in [-0.15, -0.1) is 0 Å². The van der Waals surface area contributed by atoms with E-state index in [9.17, 15) is 9.90 Å². The lowest BCUT2D eigenvalue weighted by Crippen LogP contribution is -2.52. The average Bonchev–Trinajstić information content (AvgIpc) is 2.84. The first kappa shape index (κ1) is 17.0. The molecule has 1 aliphatic carbocycles. The molecule has 124 valence electrons. The number of ether oxygens (including phenoxy) is 1. The number of hydrogen-bond acceptors (Lipinski definition) is 4. The Kier molecular flexibility index (Phi) is 5.58. The Morgan fingerprint density at radius 1 is 1.55 bits per heavy atom. The van der Waals surface area contributed by atoms with E-state index in [2.05, 4.69) is 5.10 Å². The molecule has 0 spiro atoms. The van der Waals surface area contributed by atoms with Crippen LogP contribution in [0.25, 0.3) is 0 Å². The predicted molar refractivity (Wildman–Crippen MR) is 83.5 cm³/mol. The Morgan fingerprint density at radius 2 is 2.27 bits per heavy atom. The quantitative estimate of drug-likeness (QED) is 0.883. The van der Waals surface area contributed by atoms with E-state index in [4.69, 9.17) is 4.74 Å². The number of aryl methyl sites for hydroxylation is 2. The second-order valence-corrected chi connectivity index (χ2v) is 6.15. The number of methoxy groups -OCH3 is 1. The van der Waals surface area contributed by atoms with E-state index >= 15 is 0 Å². The van der Waals surface area contributed by atoms with Gasteiger partial charge in [-0.05, 0) is 38.2 Å². The minimum Gasteiger partial charge on any atom is -0.388 e. The van der Waals surface area contributed by atoms with Crippen molar-refractivity contribution in [1.82, 2.24) is 14.7 Å². The van der Waals surface area contributed by atoms with Crippen molar-refractivity contribution in [2.24, 2.45) is 7.05 Å². The molecular weight excluding hydrogens is 282 g/mol. The van der Waals surface area contributed by atoms with E-state index in [0.717, 1.165) is 30.5 Å². The molecular formula is C16H27N3O3. The molecule has 0 radical (unpaired) electrons. The SMILES string of the molecule is CO[C@@H]1CCC[C@@H](N(C)C(=O)CCc2cnn(C)c2C)[C@H]1O. The van der Waals surface area contributed by atoms with Crippen LogP contribution in [0.15, 0.2) is 6.20 Å². The lowest BCUT2D eigenvalue weighted by Gasteiger charge is -2.39. The number of carbonyl (C=O) groups excluding carboxylic acids is 1. The Bertz CT molecular complexity index is 515. The molecule has 1 aromatic heterocycles. The maximum Gasteiger partial charge on any atom is 0.222 e. The molecule has 1 saturated carbocycles. The van der Waals surface area contributed by atoms with Gasteiger partial charge in [0.25, 0.3) is 0 Å². The van der Waals surface area contributed by atoms with Crippen LogP contribution in [0.1, 0.15) is 36.9 Å². The lowest BCUT2D eigenvalue weighted by molar-refractivity contribution is -0.140. The van der Waals surface area contributed by atoms with Gasteiger partial charge in [-0.1, -0.05) is 0 Å². The molecule has 6 heteroatoms. The topological polar surface area (TPSA) is 67.6 Å². The molecule has 6 nitrogen and oxygen atoms in total. The zero-order valence-corrected chi connectivity index (χ0v) is 14.0. The van der Waals surface area contributed by atoms with Crippen LogP contribution in [0.4, 0.5) is 0 Å². The van der Waals surface area contributed by atoms with Crippen LogP contribution in [0.2, 0.25) is 0 Å². The summed E-state index contributed by atoms with van der Waals surface area (Å²) in [5.41, 5.74) is 2.19. The van der Waals surface area contributed by atoms with Crippen LogP contribution in [-0.4, -0.2) is 58.1 Å². The molecule has 2 rings (SSSR count). The summed E-state index contributed by atoms with van der Waals surface area (Å²) < 4.78 is 7.13. The molecule has 0 saturated heterocycles. The van der Waals surface area contributed by atoms with Gasteiger partial charge in [0.05, 0.1) is 18.3 Å². The zero-order valence-electron chi connectivity index (χ0n) is 14.0. The van der Waals surface area contributed by atoms with Crippen molar-refractivity contribution in [3.8, 4) is 0 Å². The summed E-state index contributed by atoms with van der Waals surface area (Å²) >= 11 is 0. The second-order valence-electron chi connectivity index (χ2n) is 6.15. The minimum absolute atomic E-state index is 0.0593. The molecule has 0 aliphatic heterocycles. The van der Waals surface area contributed by atoms with Crippen LogP contribution in [0.5, 0.6) is 0 Å². The van der Waals surface area contributed by atoms with Crippen molar-refractivity contribution >= 4 is 5.91 Å². The van der Waals surface area contributed by atoms with Gasteiger partial charge < -0.3 is 14.7 Å². The van der Waals surface area contributed by atoms with Gasteiger partial charge >= 0.3 is 0 Å². The number of aliphatic hydroxyl groups is 1. The molecule has 1 aromatic rings. The normalized spacial score (nSPS) is 25.2. The van der Waals surface area contributed by atoms with Gasteiger partial charge in [-0.2, -0.15) is 5.10 Å². The maximum absolute atomic E-state index is 12.4. The predicted octanol–water partition coefficient (Wildman–Crippen LogP) is 1.05. The minimum atomic E-state index is -0.604. The van der Waals surface area contributed by atoms with Crippen LogP contribution in [0, 0.1) is 6.92 Å². The Balaban J connectivity index is 1.92. The highest BCUT2D eigenvalue weighted by atomic mass is 16.5. The zero-order chi connectivity index (χ0) is 16.3. The fraction of sp³-hybridized carbons (Fsp3) is 0.750. The molecule has 0 unspecified atom stereocenters. The van der Waals surface area contributed by atoms with Gasteiger partial charge in [0.1, 0.15) is 6.10 Å². The molecule has 22 heavy (non-hydrogen) atoms. The first-order valence-corrected chi connectivity index (χ1v) is 7.89. The molecule has 0 bridgehead atoms. The molecule has 1 aliphatic rings. The number of carbonyl (C=O) groups is 1. The third-order valence-electron chi connectivity index (χ3n) is 4.90. The Hall–Kier alpha value is -1.40. The van der Waals surface area contributed by atoms with Crippen LogP contribution in [0.3, 0.4) is 0 Å².